The third-order valence-electron chi connectivity index (χ3n) is 5.61. The fourth-order valence-corrected chi connectivity index (χ4v) is 3.90. The lowest BCUT2D eigenvalue weighted by Crippen LogP contribution is -2.47. The van der Waals surface area contributed by atoms with Gasteiger partial charge in [-0.15, -0.1) is 0 Å². The summed E-state index contributed by atoms with van der Waals surface area (Å²) in [5.74, 6) is 0.161. The van der Waals surface area contributed by atoms with E-state index in [1.165, 1.54) is 0 Å². The number of piperazine rings is 1. The van der Waals surface area contributed by atoms with Gasteiger partial charge in [0.05, 0.1) is 5.69 Å². The van der Waals surface area contributed by atoms with Crippen LogP contribution in [0.1, 0.15) is 45.2 Å². The van der Waals surface area contributed by atoms with Crippen molar-refractivity contribution in [2.45, 2.75) is 32.4 Å². The lowest BCUT2D eigenvalue weighted by molar-refractivity contribution is 0.0645. The minimum absolute atomic E-state index is 0.0571. The molecule has 0 unspecified atom stereocenters. The average Bonchev–Trinajstić information content (AvgIpc) is 3.13. The van der Waals surface area contributed by atoms with Crippen LogP contribution in [0.15, 0.2) is 30.3 Å². The lowest BCUT2D eigenvalue weighted by Gasteiger charge is -2.32. The molecule has 1 saturated heterocycles. The molecule has 2 aliphatic heterocycles. The molecule has 2 aliphatic rings. The lowest BCUT2D eigenvalue weighted by atomic mass is 10.1. The number of likely N-dealkylation sites (N-methyl/N-ethyl adjacent to an activating group) is 1. The Labute approximate surface area is 165 Å². The van der Waals surface area contributed by atoms with Gasteiger partial charge in [0.15, 0.2) is 5.82 Å². The fraction of sp³-hybridized carbons (Fsp3) is 0.476. The molecule has 4 rings (SSSR count). The van der Waals surface area contributed by atoms with Crippen LogP contribution in [0, 0.1) is 0 Å². The number of hydrogen-bond donors (Lipinski definition) is 1. The van der Waals surface area contributed by atoms with Crippen LogP contribution in [0.25, 0.3) is 0 Å². The minimum Gasteiger partial charge on any atom is -0.347 e. The molecular formula is C21H27N5O2. The Kier molecular flexibility index (Phi) is 5.43. The molecule has 0 atom stereocenters. The van der Waals surface area contributed by atoms with Crippen molar-refractivity contribution in [3.63, 3.8) is 0 Å². The highest BCUT2D eigenvalue weighted by Gasteiger charge is 2.30. The number of benzene rings is 1. The van der Waals surface area contributed by atoms with E-state index in [9.17, 15) is 9.59 Å². The van der Waals surface area contributed by atoms with Gasteiger partial charge in [0, 0.05) is 39.3 Å². The third kappa shape index (κ3) is 3.80. The Balaban J connectivity index is 1.54. The van der Waals surface area contributed by atoms with Crippen LogP contribution in [0.3, 0.4) is 0 Å². The number of aromatic nitrogens is 2. The van der Waals surface area contributed by atoms with Crippen molar-refractivity contribution >= 4 is 11.8 Å². The maximum Gasteiger partial charge on any atom is 0.289 e. The molecule has 0 bridgehead atoms. The van der Waals surface area contributed by atoms with Gasteiger partial charge < -0.3 is 19.7 Å². The molecule has 7 heteroatoms. The molecule has 0 saturated carbocycles. The largest absolute Gasteiger partial charge is 0.347 e. The molecule has 1 aromatic carbocycles. The first-order chi connectivity index (χ1) is 13.6. The van der Waals surface area contributed by atoms with E-state index in [4.69, 9.17) is 0 Å². The standard InChI is InChI=1S/C21H27N5O2/c1-24-11-13-25(14-12-24)21(28)19-23-18(17-9-5-6-10-26(17)19)20(27)22-15-16-7-3-2-4-8-16/h2-4,7-8H,5-6,9-15H2,1H3,(H,22,27). The summed E-state index contributed by atoms with van der Waals surface area (Å²) in [6.07, 6.45) is 2.82. The van der Waals surface area contributed by atoms with E-state index in [-0.39, 0.29) is 11.8 Å². The molecule has 0 spiro atoms. The summed E-state index contributed by atoms with van der Waals surface area (Å²) in [4.78, 5) is 34.5. The highest BCUT2D eigenvalue weighted by Crippen LogP contribution is 2.22. The van der Waals surface area contributed by atoms with Crippen molar-refractivity contribution < 1.29 is 9.59 Å². The van der Waals surface area contributed by atoms with Crippen LogP contribution in [-0.4, -0.2) is 64.4 Å². The van der Waals surface area contributed by atoms with Gasteiger partial charge in [-0.1, -0.05) is 30.3 Å². The van der Waals surface area contributed by atoms with Crippen molar-refractivity contribution in [1.82, 2.24) is 24.7 Å². The van der Waals surface area contributed by atoms with Gasteiger partial charge in [0.1, 0.15) is 5.69 Å². The van der Waals surface area contributed by atoms with Crippen molar-refractivity contribution in [2.24, 2.45) is 0 Å². The molecule has 0 aliphatic carbocycles. The number of nitrogens with one attached hydrogen (secondary N) is 1. The van der Waals surface area contributed by atoms with Gasteiger partial charge in [-0.05, 0) is 31.9 Å². The predicted molar refractivity (Wildman–Crippen MR) is 106 cm³/mol. The molecule has 2 aromatic rings. The highest BCUT2D eigenvalue weighted by molar-refractivity contribution is 5.97. The number of carbonyl (C=O) groups is 2. The van der Waals surface area contributed by atoms with E-state index in [0.717, 1.165) is 50.2 Å². The van der Waals surface area contributed by atoms with Gasteiger partial charge in [0.25, 0.3) is 11.8 Å². The number of amides is 2. The average molecular weight is 381 g/mol. The SMILES string of the molecule is CN1CCN(C(=O)c2nc(C(=O)NCc3ccccc3)c3n2CCCC3)CC1. The van der Waals surface area contributed by atoms with Crippen molar-refractivity contribution in [3.05, 3.63) is 53.1 Å². The van der Waals surface area contributed by atoms with Crippen molar-refractivity contribution in [1.29, 1.82) is 0 Å². The first-order valence-electron chi connectivity index (χ1n) is 10.0. The summed E-state index contributed by atoms with van der Waals surface area (Å²) in [5, 5.41) is 2.96. The smallest absolute Gasteiger partial charge is 0.289 e. The van der Waals surface area contributed by atoms with Gasteiger partial charge in [-0.25, -0.2) is 4.98 Å². The van der Waals surface area contributed by atoms with E-state index in [1.54, 1.807) is 0 Å². The molecule has 148 valence electrons. The van der Waals surface area contributed by atoms with E-state index in [2.05, 4.69) is 22.2 Å². The minimum atomic E-state index is -0.202. The molecule has 1 N–H and O–H groups in total. The van der Waals surface area contributed by atoms with Crippen LogP contribution in [0.2, 0.25) is 0 Å². The monoisotopic (exact) mass is 381 g/mol. The molecule has 2 amide bonds. The van der Waals surface area contributed by atoms with Gasteiger partial charge in [-0.3, -0.25) is 9.59 Å². The Morgan fingerprint density at radius 2 is 1.79 bits per heavy atom. The van der Waals surface area contributed by atoms with Crippen LogP contribution in [0.5, 0.6) is 0 Å². The normalized spacial score (nSPS) is 17.2. The maximum atomic E-state index is 13.1. The summed E-state index contributed by atoms with van der Waals surface area (Å²) in [6.45, 7) is 4.34. The van der Waals surface area contributed by atoms with E-state index < -0.39 is 0 Å². The van der Waals surface area contributed by atoms with E-state index in [1.807, 2.05) is 39.8 Å². The molecule has 0 radical (unpaired) electrons. The van der Waals surface area contributed by atoms with Crippen molar-refractivity contribution in [3.8, 4) is 0 Å². The molecule has 7 nitrogen and oxygen atoms in total. The fourth-order valence-electron chi connectivity index (χ4n) is 3.90. The quantitative estimate of drug-likeness (QED) is 0.872. The van der Waals surface area contributed by atoms with Crippen LogP contribution >= 0.6 is 0 Å². The van der Waals surface area contributed by atoms with E-state index in [0.29, 0.717) is 31.2 Å². The van der Waals surface area contributed by atoms with Crippen LogP contribution in [0.4, 0.5) is 0 Å². The Bertz CT molecular complexity index is 853. The summed E-state index contributed by atoms with van der Waals surface area (Å²) in [5.41, 5.74) is 2.35. The number of nitrogens with zero attached hydrogens (tertiary/aromatic N) is 4. The predicted octanol–water partition coefficient (Wildman–Crippen LogP) is 1.54. The third-order valence-corrected chi connectivity index (χ3v) is 5.61. The van der Waals surface area contributed by atoms with Gasteiger partial charge >= 0.3 is 0 Å². The summed E-state index contributed by atoms with van der Waals surface area (Å²) in [6, 6.07) is 9.81. The second-order valence-electron chi connectivity index (χ2n) is 7.60. The topological polar surface area (TPSA) is 70.5 Å². The van der Waals surface area contributed by atoms with Crippen LogP contribution < -0.4 is 5.32 Å². The number of imidazole rings is 1. The number of carbonyl (C=O) groups excluding carboxylic acids is 2. The second-order valence-corrected chi connectivity index (χ2v) is 7.60. The maximum absolute atomic E-state index is 13.1. The molecule has 28 heavy (non-hydrogen) atoms. The Hall–Kier alpha value is -2.67. The second kappa shape index (κ2) is 8.14. The zero-order valence-electron chi connectivity index (χ0n) is 16.4. The van der Waals surface area contributed by atoms with Crippen LogP contribution in [-0.2, 0) is 19.5 Å². The molecule has 1 fully saturated rings. The van der Waals surface area contributed by atoms with Gasteiger partial charge in [-0.2, -0.15) is 0 Å². The first kappa shape index (κ1) is 18.7. The first-order valence-corrected chi connectivity index (χ1v) is 10.0. The summed E-state index contributed by atoms with van der Waals surface area (Å²) < 4.78 is 1.97. The summed E-state index contributed by atoms with van der Waals surface area (Å²) >= 11 is 0. The number of hydrogen-bond acceptors (Lipinski definition) is 4. The Morgan fingerprint density at radius 3 is 2.54 bits per heavy atom. The highest BCUT2D eigenvalue weighted by atomic mass is 16.2. The molecule has 3 heterocycles. The molecule has 1 aromatic heterocycles. The van der Waals surface area contributed by atoms with E-state index >= 15 is 0 Å². The summed E-state index contributed by atoms with van der Waals surface area (Å²) in [7, 11) is 2.06. The molecular weight excluding hydrogens is 354 g/mol. The number of fused-ring (bicyclic) bond motifs is 1. The zero-order chi connectivity index (χ0) is 19.5. The number of rotatable bonds is 4. The van der Waals surface area contributed by atoms with Gasteiger partial charge in [0.2, 0.25) is 0 Å². The Morgan fingerprint density at radius 1 is 1.04 bits per heavy atom. The van der Waals surface area contributed by atoms with Crippen molar-refractivity contribution in [2.75, 3.05) is 33.2 Å². The zero-order valence-corrected chi connectivity index (χ0v) is 16.4.